The van der Waals surface area contributed by atoms with Gasteiger partial charge < -0.3 is 19.5 Å². The number of ether oxygens (including phenoxy) is 3. The van der Waals surface area contributed by atoms with Gasteiger partial charge in [-0.3, -0.25) is 9.59 Å². The molecule has 1 N–H and O–H groups in total. The van der Waals surface area contributed by atoms with Gasteiger partial charge in [0.1, 0.15) is 25.5 Å². The molecule has 0 aromatic heterocycles. The van der Waals surface area contributed by atoms with E-state index in [1.54, 1.807) is 54.6 Å². The third-order valence-electron chi connectivity index (χ3n) is 3.87. The van der Waals surface area contributed by atoms with Crippen molar-refractivity contribution in [3.8, 4) is 5.75 Å². The number of unbranched alkanes of at least 4 members (excludes halogenated alkanes) is 1. The van der Waals surface area contributed by atoms with Crippen LogP contribution in [0.5, 0.6) is 5.75 Å². The first-order valence-corrected chi connectivity index (χ1v) is 9.49. The van der Waals surface area contributed by atoms with E-state index in [9.17, 15) is 14.4 Å². The molecule has 7 heteroatoms. The summed E-state index contributed by atoms with van der Waals surface area (Å²) in [5.74, 6) is -0.803. The molecule has 0 saturated carbocycles. The lowest BCUT2D eigenvalue weighted by atomic mass is 10.2. The van der Waals surface area contributed by atoms with Gasteiger partial charge in [-0.1, -0.05) is 31.5 Å². The molecule has 0 radical (unpaired) electrons. The second-order valence-electron chi connectivity index (χ2n) is 6.13. The van der Waals surface area contributed by atoms with Crippen LogP contribution < -0.4 is 10.1 Å². The van der Waals surface area contributed by atoms with Crippen LogP contribution in [0.4, 0.5) is 0 Å². The molecular weight excluding hydrogens is 374 g/mol. The zero-order valence-electron chi connectivity index (χ0n) is 16.4. The minimum atomic E-state index is -0.617. The number of amides is 1. The number of esters is 2. The SMILES string of the molecule is CCCCOc1ccc(C(=O)NCC(=O)OCCOC(=O)c2ccccc2)cc1. The lowest BCUT2D eigenvalue weighted by Gasteiger charge is -2.08. The van der Waals surface area contributed by atoms with E-state index >= 15 is 0 Å². The van der Waals surface area contributed by atoms with Gasteiger partial charge in [-0.2, -0.15) is 0 Å². The molecule has 0 bridgehead atoms. The molecule has 7 nitrogen and oxygen atoms in total. The van der Waals surface area contributed by atoms with Crippen LogP contribution in [0.25, 0.3) is 0 Å². The Hall–Kier alpha value is -3.35. The van der Waals surface area contributed by atoms with E-state index in [0.29, 0.717) is 23.5 Å². The monoisotopic (exact) mass is 399 g/mol. The Morgan fingerprint density at radius 1 is 0.828 bits per heavy atom. The van der Waals surface area contributed by atoms with Crippen molar-refractivity contribution in [2.45, 2.75) is 19.8 Å². The molecular formula is C22H25NO6. The van der Waals surface area contributed by atoms with E-state index in [-0.39, 0.29) is 19.8 Å². The van der Waals surface area contributed by atoms with Crippen LogP contribution in [0.2, 0.25) is 0 Å². The molecule has 1 amide bonds. The van der Waals surface area contributed by atoms with E-state index in [4.69, 9.17) is 14.2 Å². The van der Waals surface area contributed by atoms with Gasteiger partial charge in [0.2, 0.25) is 0 Å². The van der Waals surface area contributed by atoms with E-state index in [1.807, 2.05) is 0 Å². The topological polar surface area (TPSA) is 90.9 Å². The van der Waals surface area contributed by atoms with Gasteiger partial charge >= 0.3 is 11.9 Å². The number of carbonyl (C=O) groups excluding carboxylic acids is 3. The molecule has 0 fully saturated rings. The second-order valence-corrected chi connectivity index (χ2v) is 6.13. The number of nitrogens with one attached hydrogen (secondary N) is 1. The summed E-state index contributed by atoms with van der Waals surface area (Å²) in [6.45, 7) is 2.29. The highest BCUT2D eigenvalue weighted by atomic mass is 16.6. The predicted octanol–water partition coefficient (Wildman–Crippen LogP) is 3.00. The lowest BCUT2D eigenvalue weighted by molar-refractivity contribution is -0.143. The fraction of sp³-hybridized carbons (Fsp3) is 0.318. The number of hydrogen-bond acceptors (Lipinski definition) is 6. The van der Waals surface area contributed by atoms with Crippen molar-refractivity contribution in [2.24, 2.45) is 0 Å². The van der Waals surface area contributed by atoms with Gasteiger partial charge in [-0.15, -0.1) is 0 Å². The van der Waals surface area contributed by atoms with Crippen LogP contribution >= 0.6 is 0 Å². The molecule has 2 aromatic rings. The Bertz CT molecular complexity index is 789. The Morgan fingerprint density at radius 2 is 1.52 bits per heavy atom. The van der Waals surface area contributed by atoms with Gasteiger partial charge in [-0.05, 0) is 42.8 Å². The van der Waals surface area contributed by atoms with Gasteiger partial charge in [0.05, 0.1) is 12.2 Å². The minimum absolute atomic E-state index is 0.0626. The molecule has 0 aliphatic heterocycles. The Morgan fingerprint density at radius 3 is 2.21 bits per heavy atom. The zero-order valence-corrected chi connectivity index (χ0v) is 16.4. The highest BCUT2D eigenvalue weighted by Crippen LogP contribution is 2.12. The van der Waals surface area contributed by atoms with Crippen LogP contribution in [0, 0.1) is 0 Å². The third kappa shape index (κ3) is 8.04. The third-order valence-corrected chi connectivity index (χ3v) is 3.87. The molecule has 0 atom stereocenters. The Balaban J connectivity index is 1.63. The largest absolute Gasteiger partial charge is 0.494 e. The molecule has 29 heavy (non-hydrogen) atoms. The van der Waals surface area contributed by atoms with E-state index in [2.05, 4.69) is 12.2 Å². The van der Waals surface area contributed by atoms with Crippen LogP contribution in [0.3, 0.4) is 0 Å². The zero-order chi connectivity index (χ0) is 20.9. The summed E-state index contributed by atoms with van der Waals surface area (Å²) in [4.78, 5) is 35.5. The summed E-state index contributed by atoms with van der Waals surface area (Å²) in [5.41, 5.74) is 0.838. The maximum absolute atomic E-state index is 12.1. The van der Waals surface area contributed by atoms with Gasteiger partial charge in [0, 0.05) is 5.56 Å². The van der Waals surface area contributed by atoms with E-state index in [1.165, 1.54) is 0 Å². The van der Waals surface area contributed by atoms with E-state index < -0.39 is 17.8 Å². The molecule has 0 spiro atoms. The lowest BCUT2D eigenvalue weighted by Crippen LogP contribution is -2.31. The van der Waals surface area contributed by atoms with Gasteiger partial charge in [0.25, 0.3) is 5.91 Å². The first kappa shape index (κ1) is 21.9. The highest BCUT2D eigenvalue weighted by Gasteiger charge is 2.10. The number of carbonyl (C=O) groups is 3. The maximum atomic E-state index is 12.1. The molecule has 0 aliphatic rings. The average molecular weight is 399 g/mol. The Labute approximate surface area is 170 Å². The summed E-state index contributed by atoms with van der Waals surface area (Å²) in [6.07, 6.45) is 2.02. The molecule has 0 heterocycles. The fourth-order valence-electron chi connectivity index (χ4n) is 2.29. The van der Waals surface area contributed by atoms with Crippen molar-refractivity contribution in [2.75, 3.05) is 26.4 Å². The van der Waals surface area contributed by atoms with Crippen molar-refractivity contribution in [3.63, 3.8) is 0 Å². The van der Waals surface area contributed by atoms with Crippen LogP contribution in [0.1, 0.15) is 40.5 Å². The molecule has 0 unspecified atom stereocenters. The summed E-state index contributed by atoms with van der Waals surface area (Å²) in [7, 11) is 0. The quantitative estimate of drug-likeness (QED) is 0.461. The molecule has 0 aliphatic carbocycles. The Kier molecular flexibility index (Phi) is 9.21. The molecule has 154 valence electrons. The molecule has 0 saturated heterocycles. The van der Waals surface area contributed by atoms with Gasteiger partial charge in [0.15, 0.2) is 0 Å². The van der Waals surface area contributed by atoms with Gasteiger partial charge in [-0.25, -0.2) is 4.79 Å². The number of rotatable bonds is 11. The van der Waals surface area contributed by atoms with Crippen molar-refractivity contribution < 1.29 is 28.6 Å². The summed E-state index contributed by atoms with van der Waals surface area (Å²) >= 11 is 0. The standard InChI is InChI=1S/C22H25NO6/c1-2-3-13-27-19-11-9-17(10-12-19)21(25)23-16-20(24)28-14-15-29-22(26)18-7-5-4-6-8-18/h4-12H,2-3,13-16H2,1H3,(H,23,25). The van der Waals surface area contributed by atoms with Crippen molar-refractivity contribution >= 4 is 17.8 Å². The molecule has 2 aromatic carbocycles. The summed E-state index contributed by atoms with van der Waals surface area (Å²) in [5, 5.41) is 2.48. The van der Waals surface area contributed by atoms with Crippen LogP contribution in [-0.2, 0) is 14.3 Å². The first-order valence-electron chi connectivity index (χ1n) is 9.49. The van der Waals surface area contributed by atoms with Crippen LogP contribution in [0.15, 0.2) is 54.6 Å². The maximum Gasteiger partial charge on any atom is 0.338 e. The minimum Gasteiger partial charge on any atom is -0.494 e. The predicted molar refractivity (Wildman–Crippen MR) is 107 cm³/mol. The van der Waals surface area contributed by atoms with Crippen molar-refractivity contribution in [1.29, 1.82) is 0 Å². The first-order chi connectivity index (χ1) is 14.1. The molecule has 2 rings (SSSR count). The van der Waals surface area contributed by atoms with Crippen LogP contribution in [-0.4, -0.2) is 44.2 Å². The van der Waals surface area contributed by atoms with Crippen molar-refractivity contribution in [1.82, 2.24) is 5.32 Å². The van der Waals surface area contributed by atoms with Crippen molar-refractivity contribution in [3.05, 3.63) is 65.7 Å². The number of benzene rings is 2. The van der Waals surface area contributed by atoms with E-state index in [0.717, 1.165) is 12.8 Å². The second kappa shape index (κ2) is 12.2. The average Bonchev–Trinajstić information content (AvgIpc) is 2.76. The highest BCUT2D eigenvalue weighted by molar-refractivity contribution is 5.96. The summed E-state index contributed by atoms with van der Waals surface area (Å²) in [6, 6.07) is 15.2. The smallest absolute Gasteiger partial charge is 0.338 e. The fourth-order valence-corrected chi connectivity index (χ4v) is 2.29. The number of hydrogen-bond donors (Lipinski definition) is 1. The normalized spacial score (nSPS) is 10.1. The summed E-state index contributed by atoms with van der Waals surface area (Å²) < 4.78 is 15.5.